The number of furan rings is 1. The van der Waals surface area contributed by atoms with Crippen molar-refractivity contribution in [1.82, 2.24) is 15.3 Å². The van der Waals surface area contributed by atoms with Gasteiger partial charge >= 0.3 is 0 Å². The Morgan fingerprint density at radius 3 is 2.65 bits per heavy atom. The molecule has 17 heavy (non-hydrogen) atoms. The molecular formula is C13H15N3O. The average Bonchev–Trinajstić information content (AvgIpc) is 2.61. The molecule has 1 aliphatic rings. The minimum atomic E-state index is 0.449. The van der Waals surface area contributed by atoms with E-state index in [0.717, 1.165) is 41.8 Å². The lowest BCUT2D eigenvalue weighted by molar-refractivity contribution is 0.429. The maximum atomic E-state index is 5.61. The summed E-state index contributed by atoms with van der Waals surface area (Å²) in [5.41, 5.74) is 1.87. The summed E-state index contributed by atoms with van der Waals surface area (Å²) >= 11 is 0. The minimum Gasteiger partial charge on any atom is -0.460 e. The highest BCUT2D eigenvalue weighted by molar-refractivity contribution is 5.52. The second-order valence-corrected chi connectivity index (χ2v) is 4.52. The van der Waals surface area contributed by atoms with Gasteiger partial charge in [-0.2, -0.15) is 0 Å². The first-order valence-corrected chi connectivity index (χ1v) is 5.85. The van der Waals surface area contributed by atoms with Crippen LogP contribution in [0.2, 0.25) is 0 Å². The fourth-order valence-electron chi connectivity index (χ4n) is 1.94. The van der Waals surface area contributed by atoms with Gasteiger partial charge in [-0.25, -0.2) is 9.97 Å². The Bertz CT molecular complexity index is 543. The Morgan fingerprint density at radius 1 is 1.24 bits per heavy atom. The van der Waals surface area contributed by atoms with Crippen LogP contribution >= 0.6 is 0 Å². The molecule has 1 aliphatic heterocycles. The van der Waals surface area contributed by atoms with Crippen LogP contribution in [0.15, 0.2) is 22.6 Å². The summed E-state index contributed by atoms with van der Waals surface area (Å²) in [6.07, 6.45) is 0. The number of aryl methyl sites for hydroxylation is 2. The first-order chi connectivity index (χ1) is 8.22. The SMILES string of the molecule is Cc1cc(-c2ccc(C)o2)nc(C2CNC2)n1. The molecule has 3 heterocycles. The molecule has 2 aromatic heterocycles. The Hall–Kier alpha value is -1.68. The van der Waals surface area contributed by atoms with E-state index in [9.17, 15) is 0 Å². The summed E-state index contributed by atoms with van der Waals surface area (Å²) in [5.74, 6) is 3.10. The number of aromatic nitrogens is 2. The number of rotatable bonds is 2. The van der Waals surface area contributed by atoms with Gasteiger partial charge in [0.05, 0.1) is 0 Å². The van der Waals surface area contributed by atoms with Gasteiger partial charge in [-0.05, 0) is 32.0 Å². The second-order valence-electron chi connectivity index (χ2n) is 4.52. The Kier molecular flexibility index (Phi) is 2.44. The van der Waals surface area contributed by atoms with Crippen molar-refractivity contribution >= 4 is 0 Å². The van der Waals surface area contributed by atoms with E-state index in [-0.39, 0.29) is 0 Å². The summed E-state index contributed by atoms with van der Waals surface area (Å²) in [4.78, 5) is 9.09. The molecule has 0 radical (unpaired) electrons. The standard InChI is InChI=1S/C13H15N3O/c1-8-5-11(12-4-3-9(2)17-12)16-13(15-8)10-6-14-7-10/h3-5,10,14H,6-7H2,1-2H3. The highest BCUT2D eigenvalue weighted by atomic mass is 16.3. The first-order valence-electron chi connectivity index (χ1n) is 5.85. The van der Waals surface area contributed by atoms with Crippen LogP contribution in [0.25, 0.3) is 11.5 Å². The Morgan fingerprint density at radius 2 is 2.06 bits per heavy atom. The monoisotopic (exact) mass is 229 g/mol. The first kappa shape index (κ1) is 10.5. The van der Waals surface area contributed by atoms with Crippen molar-refractivity contribution in [2.24, 2.45) is 0 Å². The van der Waals surface area contributed by atoms with Gasteiger partial charge in [0.2, 0.25) is 0 Å². The lowest BCUT2D eigenvalue weighted by atomic mass is 10.0. The van der Waals surface area contributed by atoms with Crippen LogP contribution in [-0.4, -0.2) is 23.1 Å². The predicted octanol–water partition coefficient (Wildman–Crippen LogP) is 2.04. The predicted molar refractivity (Wildman–Crippen MR) is 64.8 cm³/mol. The zero-order valence-corrected chi connectivity index (χ0v) is 10.0. The summed E-state index contributed by atoms with van der Waals surface area (Å²) in [6.45, 7) is 5.88. The third kappa shape index (κ3) is 1.96. The van der Waals surface area contributed by atoms with Crippen LogP contribution in [0.1, 0.15) is 23.2 Å². The van der Waals surface area contributed by atoms with Crippen molar-refractivity contribution in [3.05, 3.63) is 35.5 Å². The van der Waals surface area contributed by atoms with E-state index < -0.39 is 0 Å². The molecule has 0 aromatic carbocycles. The molecule has 0 saturated carbocycles. The third-order valence-electron chi connectivity index (χ3n) is 3.01. The molecule has 3 rings (SSSR count). The molecule has 0 bridgehead atoms. The topological polar surface area (TPSA) is 51.0 Å². The van der Waals surface area contributed by atoms with E-state index in [1.165, 1.54) is 0 Å². The average molecular weight is 229 g/mol. The number of nitrogens with one attached hydrogen (secondary N) is 1. The summed E-state index contributed by atoms with van der Waals surface area (Å²) < 4.78 is 5.61. The van der Waals surface area contributed by atoms with Gasteiger partial charge in [-0.15, -0.1) is 0 Å². The van der Waals surface area contributed by atoms with Crippen molar-refractivity contribution in [2.45, 2.75) is 19.8 Å². The normalized spacial score (nSPS) is 15.9. The maximum absolute atomic E-state index is 5.61. The van der Waals surface area contributed by atoms with E-state index in [0.29, 0.717) is 5.92 Å². The van der Waals surface area contributed by atoms with Crippen LogP contribution in [0, 0.1) is 13.8 Å². The third-order valence-corrected chi connectivity index (χ3v) is 3.01. The van der Waals surface area contributed by atoms with Crippen molar-refractivity contribution in [1.29, 1.82) is 0 Å². The summed E-state index contributed by atoms with van der Waals surface area (Å²) in [6, 6.07) is 5.88. The molecule has 4 nitrogen and oxygen atoms in total. The van der Waals surface area contributed by atoms with E-state index in [1.54, 1.807) is 0 Å². The molecular weight excluding hydrogens is 214 g/mol. The quantitative estimate of drug-likeness (QED) is 0.856. The smallest absolute Gasteiger partial charge is 0.152 e. The fraction of sp³-hybridized carbons (Fsp3) is 0.385. The number of hydrogen-bond donors (Lipinski definition) is 1. The maximum Gasteiger partial charge on any atom is 0.152 e. The van der Waals surface area contributed by atoms with Gasteiger partial charge in [0.15, 0.2) is 5.76 Å². The molecule has 2 aromatic rings. The molecule has 1 fully saturated rings. The van der Waals surface area contributed by atoms with Gasteiger partial charge in [-0.3, -0.25) is 0 Å². The molecule has 0 unspecified atom stereocenters. The summed E-state index contributed by atoms with van der Waals surface area (Å²) in [7, 11) is 0. The lowest BCUT2D eigenvalue weighted by Crippen LogP contribution is -2.41. The highest BCUT2D eigenvalue weighted by Crippen LogP contribution is 2.23. The van der Waals surface area contributed by atoms with Gasteiger partial charge < -0.3 is 9.73 Å². The molecule has 1 saturated heterocycles. The van der Waals surface area contributed by atoms with Crippen LogP contribution in [-0.2, 0) is 0 Å². The fourth-order valence-corrected chi connectivity index (χ4v) is 1.94. The largest absolute Gasteiger partial charge is 0.460 e. The zero-order valence-electron chi connectivity index (χ0n) is 10.0. The van der Waals surface area contributed by atoms with Gasteiger partial charge in [0, 0.05) is 24.7 Å². The second kappa shape index (κ2) is 3.96. The van der Waals surface area contributed by atoms with E-state index in [4.69, 9.17) is 4.42 Å². The Labute approximate surface area is 100 Å². The van der Waals surface area contributed by atoms with Crippen LogP contribution < -0.4 is 5.32 Å². The van der Waals surface area contributed by atoms with Crippen molar-refractivity contribution in [3.63, 3.8) is 0 Å². The summed E-state index contributed by atoms with van der Waals surface area (Å²) in [5, 5.41) is 3.24. The van der Waals surface area contributed by atoms with Crippen LogP contribution in [0.3, 0.4) is 0 Å². The number of nitrogens with zero attached hydrogens (tertiary/aromatic N) is 2. The molecule has 0 spiro atoms. The van der Waals surface area contributed by atoms with E-state index >= 15 is 0 Å². The molecule has 0 aliphatic carbocycles. The van der Waals surface area contributed by atoms with Gasteiger partial charge in [-0.1, -0.05) is 0 Å². The van der Waals surface area contributed by atoms with E-state index in [2.05, 4.69) is 15.3 Å². The molecule has 0 atom stereocenters. The van der Waals surface area contributed by atoms with E-state index in [1.807, 2.05) is 32.0 Å². The lowest BCUT2D eigenvalue weighted by Gasteiger charge is -2.25. The van der Waals surface area contributed by atoms with Gasteiger partial charge in [0.1, 0.15) is 17.3 Å². The van der Waals surface area contributed by atoms with Crippen molar-refractivity contribution in [2.75, 3.05) is 13.1 Å². The number of hydrogen-bond acceptors (Lipinski definition) is 4. The van der Waals surface area contributed by atoms with Crippen LogP contribution in [0.4, 0.5) is 0 Å². The van der Waals surface area contributed by atoms with Crippen molar-refractivity contribution in [3.8, 4) is 11.5 Å². The zero-order chi connectivity index (χ0) is 11.8. The van der Waals surface area contributed by atoms with Gasteiger partial charge in [0.25, 0.3) is 0 Å². The molecule has 1 N–H and O–H groups in total. The molecule has 88 valence electrons. The molecule has 0 amide bonds. The Balaban J connectivity index is 2.01. The minimum absolute atomic E-state index is 0.449. The molecule has 4 heteroatoms. The van der Waals surface area contributed by atoms with Crippen LogP contribution in [0.5, 0.6) is 0 Å². The highest BCUT2D eigenvalue weighted by Gasteiger charge is 2.22. The van der Waals surface area contributed by atoms with Crippen molar-refractivity contribution < 1.29 is 4.42 Å².